The Bertz CT molecular complexity index is 122. The number of hydrogen-bond donors (Lipinski definition) is 0. The Hall–Kier alpha value is -0.260. The summed E-state index contributed by atoms with van der Waals surface area (Å²) in [4.78, 5) is 0. The Kier molecular flexibility index (Phi) is 8.18. The Balaban J connectivity index is 3.20. The number of hydrogen-bond acceptors (Lipinski definition) is 0. The van der Waals surface area contributed by atoms with Crippen molar-refractivity contribution in [2.45, 2.75) is 58.8 Å². The fraction of sp³-hybridized carbons (Fsp3) is 0.769. The van der Waals surface area contributed by atoms with Crippen molar-refractivity contribution in [2.24, 2.45) is 5.92 Å². The maximum atomic E-state index is 4.11. The minimum absolute atomic E-state index is 0.816. The van der Waals surface area contributed by atoms with Gasteiger partial charge in [0.2, 0.25) is 0 Å². The lowest BCUT2D eigenvalue weighted by atomic mass is 9.99. The normalized spacial score (nSPS) is 10.8. The fourth-order valence-corrected chi connectivity index (χ4v) is 1.35. The van der Waals surface area contributed by atoms with Crippen LogP contribution in [0.1, 0.15) is 58.8 Å². The molecule has 1 radical (unpaired) electrons. The van der Waals surface area contributed by atoms with Gasteiger partial charge in [-0.05, 0) is 31.6 Å². The molecule has 0 aliphatic carbocycles. The minimum atomic E-state index is 0.816. The quantitative estimate of drug-likeness (QED) is 0.374. The molecule has 0 amide bonds. The fourth-order valence-electron chi connectivity index (χ4n) is 1.35. The molecule has 0 heterocycles. The van der Waals surface area contributed by atoms with Gasteiger partial charge in [0.25, 0.3) is 0 Å². The molecule has 0 aliphatic heterocycles. The highest BCUT2D eigenvalue weighted by molar-refractivity contribution is 4.93. The van der Waals surface area contributed by atoms with Crippen LogP contribution in [0.2, 0.25) is 0 Å². The van der Waals surface area contributed by atoms with Crippen molar-refractivity contribution in [3.63, 3.8) is 0 Å². The molecule has 0 saturated carbocycles. The van der Waals surface area contributed by atoms with Crippen LogP contribution in [0.25, 0.3) is 0 Å². The molecule has 0 saturated heterocycles. The zero-order chi connectivity index (χ0) is 10.1. The summed E-state index contributed by atoms with van der Waals surface area (Å²) in [5, 5.41) is 0. The van der Waals surface area contributed by atoms with Gasteiger partial charge in [-0.2, -0.15) is 0 Å². The summed E-state index contributed by atoms with van der Waals surface area (Å²) in [7, 11) is 0. The average molecular weight is 181 g/mol. The van der Waals surface area contributed by atoms with Crippen LogP contribution in [0.4, 0.5) is 0 Å². The molecule has 0 fully saturated rings. The lowest BCUT2D eigenvalue weighted by Gasteiger charge is -2.07. The monoisotopic (exact) mass is 181 g/mol. The van der Waals surface area contributed by atoms with Crippen molar-refractivity contribution in [3.8, 4) is 0 Å². The molecule has 0 aromatic heterocycles. The predicted molar refractivity (Wildman–Crippen MR) is 61.7 cm³/mol. The summed E-state index contributed by atoms with van der Waals surface area (Å²) in [6, 6.07) is 0. The average Bonchev–Trinajstić information content (AvgIpc) is 2.09. The lowest BCUT2D eigenvalue weighted by molar-refractivity contribution is 0.570. The molecule has 0 spiro atoms. The molecule has 0 aromatic rings. The molecule has 0 N–H and O–H groups in total. The summed E-state index contributed by atoms with van der Waals surface area (Å²) in [5.74, 6) is 0.816. The first-order valence-electron chi connectivity index (χ1n) is 5.62. The third-order valence-electron chi connectivity index (χ3n) is 2.36. The first-order chi connectivity index (χ1) is 6.16. The van der Waals surface area contributed by atoms with E-state index in [1.54, 1.807) is 0 Å². The zero-order valence-corrected chi connectivity index (χ0v) is 9.44. The van der Waals surface area contributed by atoms with E-state index in [4.69, 9.17) is 0 Å². The van der Waals surface area contributed by atoms with E-state index in [2.05, 4.69) is 27.4 Å². The Labute approximate surface area is 84.4 Å². The van der Waals surface area contributed by atoms with Crippen molar-refractivity contribution in [1.82, 2.24) is 0 Å². The molecular formula is C13H25. The number of allylic oxidation sites excluding steroid dienone is 1. The predicted octanol–water partition coefficient (Wildman–Crippen LogP) is 4.76. The Morgan fingerprint density at radius 3 is 2.31 bits per heavy atom. The molecule has 0 unspecified atom stereocenters. The van der Waals surface area contributed by atoms with Crippen LogP contribution in [0.5, 0.6) is 0 Å². The van der Waals surface area contributed by atoms with E-state index in [9.17, 15) is 0 Å². The largest absolute Gasteiger partial charge is 0.0999 e. The summed E-state index contributed by atoms with van der Waals surface area (Å²) in [6.45, 7) is 12.5. The van der Waals surface area contributed by atoms with E-state index in [-0.39, 0.29) is 0 Å². The number of rotatable bonds is 8. The van der Waals surface area contributed by atoms with E-state index >= 15 is 0 Å². The molecule has 0 aliphatic rings. The molecule has 0 nitrogen and oxygen atoms in total. The van der Waals surface area contributed by atoms with Crippen molar-refractivity contribution in [2.75, 3.05) is 0 Å². The molecule has 0 atom stereocenters. The molecule has 77 valence electrons. The SMILES string of the molecule is [CH2]CCCCCC(=C)CCC(C)C. The van der Waals surface area contributed by atoms with Gasteiger partial charge in [0.1, 0.15) is 0 Å². The summed E-state index contributed by atoms with van der Waals surface area (Å²) < 4.78 is 0. The van der Waals surface area contributed by atoms with Crippen LogP contribution in [0.3, 0.4) is 0 Å². The van der Waals surface area contributed by atoms with Gasteiger partial charge in [0.05, 0.1) is 0 Å². The van der Waals surface area contributed by atoms with E-state index in [0.29, 0.717) is 0 Å². The van der Waals surface area contributed by atoms with Crippen molar-refractivity contribution in [3.05, 3.63) is 19.1 Å². The van der Waals surface area contributed by atoms with E-state index in [1.807, 2.05) is 0 Å². The smallest absolute Gasteiger partial charge is 0.0321 e. The first-order valence-corrected chi connectivity index (χ1v) is 5.62. The van der Waals surface area contributed by atoms with Gasteiger partial charge in [-0.1, -0.05) is 52.2 Å². The molecule has 0 heteroatoms. The Morgan fingerprint density at radius 1 is 1.08 bits per heavy atom. The van der Waals surface area contributed by atoms with Gasteiger partial charge in [-0.3, -0.25) is 0 Å². The van der Waals surface area contributed by atoms with Crippen LogP contribution in [0.15, 0.2) is 12.2 Å². The van der Waals surface area contributed by atoms with E-state index in [0.717, 1.165) is 12.3 Å². The van der Waals surface area contributed by atoms with Gasteiger partial charge in [0.15, 0.2) is 0 Å². The summed E-state index contributed by atoms with van der Waals surface area (Å²) in [6.07, 6.45) is 8.75. The van der Waals surface area contributed by atoms with E-state index in [1.165, 1.54) is 44.1 Å². The standard InChI is InChI=1S/C13H25/c1-5-6-7-8-9-13(4)11-10-12(2)3/h12H,1,4-11H2,2-3H3. The highest BCUT2D eigenvalue weighted by Gasteiger charge is 1.97. The van der Waals surface area contributed by atoms with Crippen molar-refractivity contribution >= 4 is 0 Å². The molecule has 13 heavy (non-hydrogen) atoms. The Morgan fingerprint density at radius 2 is 1.77 bits per heavy atom. The first kappa shape index (κ1) is 12.7. The zero-order valence-electron chi connectivity index (χ0n) is 9.44. The second-order valence-corrected chi connectivity index (χ2v) is 4.35. The molecule has 0 aromatic carbocycles. The minimum Gasteiger partial charge on any atom is -0.0999 e. The maximum absolute atomic E-state index is 4.11. The van der Waals surface area contributed by atoms with Gasteiger partial charge >= 0.3 is 0 Å². The van der Waals surface area contributed by atoms with Crippen LogP contribution in [-0.4, -0.2) is 0 Å². The third kappa shape index (κ3) is 9.66. The number of unbranched alkanes of at least 4 members (excludes halogenated alkanes) is 3. The molecular weight excluding hydrogens is 156 g/mol. The van der Waals surface area contributed by atoms with Crippen molar-refractivity contribution in [1.29, 1.82) is 0 Å². The highest BCUT2D eigenvalue weighted by atomic mass is 14.0. The summed E-state index contributed by atoms with van der Waals surface area (Å²) >= 11 is 0. The van der Waals surface area contributed by atoms with Crippen LogP contribution < -0.4 is 0 Å². The van der Waals surface area contributed by atoms with E-state index < -0.39 is 0 Å². The second kappa shape index (κ2) is 8.34. The van der Waals surface area contributed by atoms with Crippen LogP contribution in [-0.2, 0) is 0 Å². The van der Waals surface area contributed by atoms with Gasteiger partial charge in [-0.15, -0.1) is 0 Å². The maximum Gasteiger partial charge on any atom is -0.0321 e. The third-order valence-corrected chi connectivity index (χ3v) is 2.36. The second-order valence-electron chi connectivity index (χ2n) is 4.35. The van der Waals surface area contributed by atoms with Gasteiger partial charge < -0.3 is 0 Å². The molecule has 0 rings (SSSR count). The summed E-state index contributed by atoms with van der Waals surface area (Å²) in [5.41, 5.74) is 1.44. The topological polar surface area (TPSA) is 0 Å². The van der Waals surface area contributed by atoms with Gasteiger partial charge in [-0.25, -0.2) is 0 Å². The van der Waals surface area contributed by atoms with Crippen molar-refractivity contribution < 1.29 is 0 Å². The van der Waals surface area contributed by atoms with Crippen LogP contribution >= 0.6 is 0 Å². The van der Waals surface area contributed by atoms with Gasteiger partial charge in [0, 0.05) is 0 Å². The lowest BCUT2D eigenvalue weighted by Crippen LogP contribution is -1.90. The highest BCUT2D eigenvalue weighted by Crippen LogP contribution is 2.16. The molecule has 0 bridgehead atoms. The van der Waals surface area contributed by atoms with Crippen LogP contribution in [0, 0.1) is 12.8 Å².